The molecule has 0 aliphatic heterocycles. The maximum atomic E-state index is 12.9. The molecular formula is C19H21FN2O2S. The molecular weight excluding hydrogens is 339 g/mol. The third-order valence-electron chi connectivity index (χ3n) is 3.73. The molecule has 0 aliphatic carbocycles. The highest BCUT2D eigenvalue weighted by Gasteiger charge is 2.14. The third kappa shape index (κ3) is 5.60. The monoisotopic (exact) mass is 360 g/mol. The largest absolute Gasteiger partial charge is 0.336 e. The quantitative estimate of drug-likeness (QED) is 0.801. The molecule has 0 atom stereocenters. The van der Waals surface area contributed by atoms with E-state index in [4.69, 9.17) is 0 Å². The molecule has 0 aliphatic rings. The van der Waals surface area contributed by atoms with E-state index >= 15 is 0 Å². The average Bonchev–Trinajstić information content (AvgIpc) is 2.57. The Morgan fingerprint density at radius 1 is 1.08 bits per heavy atom. The number of likely N-dealkylation sites (N-methyl/N-ethyl adjacent to an activating group) is 1. The minimum atomic E-state index is -0.309. The summed E-state index contributed by atoms with van der Waals surface area (Å²) in [6.45, 7) is 3.84. The summed E-state index contributed by atoms with van der Waals surface area (Å²) in [6.07, 6.45) is 0. The Labute approximate surface area is 151 Å². The van der Waals surface area contributed by atoms with Crippen LogP contribution in [0.3, 0.4) is 0 Å². The zero-order chi connectivity index (χ0) is 18.4. The Morgan fingerprint density at radius 3 is 2.28 bits per heavy atom. The smallest absolute Gasteiger partial charge is 0.243 e. The van der Waals surface area contributed by atoms with Crippen LogP contribution in [0.2, 0.25) is 0 Å². The van der Waals surface area contributed by atoms with Crippen molar-refractivity contribution < 1.29 is 14.0 Å². The predicted octanol–water partition coefficient (Wildman–Crippen LogP) is 3.63. The molecule has 0 radical (unpaired) electrons. The van der Waals surface area contributed by atoms with E-state index in [1.807, 2.05) is 32.0 Å². The Hall–Kier alpha value is -2.34. The standard InChI is InChI=1S/C19H21FN2O2S/c1-13-5-4-6-14(2)19(13)21-17(23)11-22(3)18(24)12-25-16-9-7-15(20)8-10-16/h4-10H,11-12H2,1-3H3,(H,21,23). The van der Waals surface area contributed by atoms with Gasteiger partial charge in [0.1, 0.15) is 5.82 Å². The first-order valence-electron chi connectivity index (χ1n) is 7.85. The topological polar surface area (TPSA) is 49.4 Å². The third-order valence-corrected chi connectivity index (χ3v) is 4.72. The van der Waals surface area contributed by atoms with E-state index < -0.39 is 0 Å². The second-order valence-electron chi connectivity index (χ2n) is 5.81. The molecule has 0 spiro atoms. The zero-order valence-corrected chi connectivity index (χ0v) is 15.3. The first-order chi connectivity index (χ1) is 11.9. The fourth-order valence-electron chi connectivity index (χ4n) is 2.28. The number of halogens is 1. The number of carbonyl (C=O) groups excluding carboxylic acids is 2. The second-order valence-corrected chi connectivity index (χ2v) is 6.86. The van der Waals surface area contributed by atoms with Gasteiger partial charge in [0.15, 0.2) is 0 Å². The van der Waals surface area contributed by atoms with Gasteiger partial charge in [0.05, 0.1) is 12.3 Å². The van der Waals surface area contributed by atoms with Crippen LogP contribution in [-0.4, -0.2) is 36.1 Å². The van der Waals surface area contributed by atoms with Gasteiger partial charge >= 0.3 is 0 Å². The van der Waals surface area contributed by atoms with E-state index in [0.29, 0.717) is 0 Å². The van der Waals surface area contributed by atoms with Crippen molar-refractivity contribution in [3.63, 3.8) is 0 Å². The summed E-state index contributed by atoms with van der Waals surface area (Å²) < 4.78 is 12.9. The Kier molecular flexibility index (Phi) is 6.58. The van der Waals surface area contributed by atoms with Gasteiger partial charge in [0.25, 0.3) is 0 Å². The van der Waals surface area contributed by atoms with Crippen LogP contribution < -0.4 is 5.32 Å². The van der Waals surface area contributed by atoms with Gasteiger partial charge in [-0.15, -0.1) is 11.8 Å². The number of hydrogen-bond acceptors (Lipinski definition) is 3. The highest BCUT2D eigenvalue weighted by molar-refractivity contribution is 8.00. The summed E-state index contributed by atoms with van der Waals surface area (Å²) in [7, 11) is 1.60. The average molecular weight is 360 g/mol. The van der Waals surface area contributed by atoms with E-state index in [1.165, 1.54) is 28.8 Å². The number of anilines is 1. The molecule has 6 heteroatoms. The minimum absolute atomic E-state index is 0.0173. The summed E-state index contributed by atoms with van der Waals surface area (Å²) in [5.74, 6) is -0.513. The van der Waals surface area contributed by atoms with Gasteiger partial charge in [-0.2, -0.15) is 0 Å². The van der Waals surface area contributed by atoms with Gasteiger partial charge in [-0.3, -0.25) is 9.59 Å². The zero-order valence-electron chi connectivity index (χ0n) is 14.5. The van der Waals surface area contributed by atoms with Gasteiger partial charge in [0, 0.05) is 17.6 Å². The lowest BCUT2D eigenvalue weighted by molar-refractivity contribution is -0.131. The number of nitrogens with zero attached hydrogens (tertiary/aromatic N) is 1. The summed E-state index contributed by atoms with van der Waals surface area (Å²) in [6, 6.07) is 11.8. The molecule has 2 rings (SSSR count). The molecule has 0 heterocycles. The van der Waals surface area contributed by atoms with Crippen LogP contribution in [0.5, 0.6) is 0 Å². The van der Waals surface area contributed by atoms with Crippen molar-refractivity contribution in [1.82, 2.24) is 4.90 Å². The summed E-state index contributed by atoms with van der Waals surface area (Å²) in [4.78, 5) is 26.5. The van der Waals surface area contributed by atoms with Crippen LogP contribution in [0, 0.1) is 19.7 Å². The van der Waals surface area contributed by atoms with Gasteiger partial charge < -0.3 is 10.2 Å². The lowest BCUT2D eigenvalue weighted by Crippen LogP contribution is -2.36. The number of carbonyl (C=O) groups is 2. The molecule has 0 bridgehead atoms. The van der Waals surface area contributed by atoms with E-state index in [1.54, 1.807) is 19.2 Å². The molecule has 0 saturated carbocycles. The summed E-state index contributed by atoms with van der Waals surface area (Å²) in [5.41, 5.74) is 2.75. The first kappa shape index (κ1) is 19.0. The molecule has 2 aromatic carbocycles. The minimum Gasteiger partial charge on any atom is -0.336 e. The normalized spacial score (nSPS) is 10.4. The maximum Gasteiger partial charge on any atom is 0.243 e. The van der Waals surface area contributed by atoms with E-state index in [-0.39, 0.29) is 29.9 Å². The van der Waals surface area contributed by atoms with Crippen LogP contribution in [0.15, 0.2) is 47.4 Å². The van der Waals surface area contributed by atoms with Gasteiger partial charge in [-0.25, -0.2) is 4.39 Å². The first-order valence-corrected chi connectivity index (χ1v) is 8.84. The molecule has 2 aromatic rings. The van der Waals surface area contributed by atoms with Crippen LogP contribution in [0.25, 0.3) is 0 Å². The fourth-order valence-corrected chi connectivity index (χ4v) is 3.12. The van der Waals surface area contributed by atoms with Crippen molar-refractivity contribution in [2.24, 2.45) is 0 Å². The van der Waals surface area contributed by atoms with Crippen molar-refractivity contribution in [3.05, 3.63) is 59.4 Å². The fraction of sp³-hybridized carbons (Fsp3) is 0.263. The lowest BCUT2D eigenvalue weighted by atomic mass is 10.1. The highest BCUT2D eigenvalue weighted by atomic mass is 32.2. The van der Waals surface area contributed by atoms with E-state index in [0.717, 1.165) is 21.7 Å². The van der Waals surface area contributed by atoms with E-state index in [2.05, 4.69) is 5.32 Å². The van der Waals surface area contributed by atoms with Crippen LogP contribution in [0.4, 0.5) is 10.1 Å². The number of nitrogens with one attached hydrogen (secondary N) is 1. The SMILES string of the molecule is Cc1cccc(C)c1NC(=O)CN(C)C(=O)CSc1ccc(F)cc1. The van der Waals surface area contributed by atoms with Gasteiger partial charge in [0.2, 0.25) is 11.8 Å². The predicted molar refractivity (Wildman–Crippen MR) is 99.3 cm³/mol. The molecule has 0 aromatic heterocycles. The van der Waals surface area contributed by atoms with Crippen molar-refractivity contribution in [1.29, 1.82) is 0 Å². The summed E-state index contributed by atoms with van der Waals surface area (Å²) in [5, 5.41) is 2.86. The lowest BCUT2D eigenvalue weighted by Gasteiger charge is -2.18. The Balaban J connectivity index is 1.85. The highest BCUT2D eigenvalue weighted by Crippen LogP contribution is 2.20. The van der Waals surface area contributed by atoms with Crippen molar-refractivity contribution in [2.45, 2.75) is 18.7 Å². The molecule has 132 valence electrons. The number of benzene rings is 2. The number of amides is 2. The molecule has 4 nitrogen and oxygen atoms in total. The van der Waals surface area contributed by atoms with E-state index in [9.17, 15) is 14.0 Å². The number of para-hydroxylation sites is 1. The van der Waals surface area contributed by atoms with Gasteiger partial charge in [-0.1, -0.05) is 18.2 Å². The maximum absolute atomic E-state index is 12.9. The van der Waals surface area contributed by atoms with Crippen LogP contribution >= 0.6 is 11.8 Å². The van der Waals surface area contributed by atoms with Crippen molar-refractivity contribution in [2.75, 3.05) is 24.7 Å². The van der Waals surface area contributed by atoms with Crippen LogP contribution in [0.1, 0.15) is 11.1 Å². The molecule has 2 amide bonds. The summed E-state index contributed by atoms with van der Waals surface area (Å²) >= 11 is 1.31. The number of thioether (sulfide) groups is 1. The van der Waals surface area contributed by atoms with Crippen molar-refractivity contribution in [3.8, 4) is 0 Å². The molecule has 0 unspecified atom stereocenters. The Morgan fingerprint density at radius 2 is 1.68 bits per heavy atom. The van der Waals surface area contributed by atoms with Crippen LogP contribution in [-0.2, 0) is 9.59 Å². The van der Waals surface area contributed by atoms with Gasteiger partial charge in [-0.05, 0) is 49.2 Å². The number of rotatable bonds is 6. The molecule has 25 heavy (non-hydrogen) atoms. The Bertz CT molecular complexity index is 742. The molecule has 0 saturated heterocycles. The number of hydrogen-bond donors (Lipinski definition) is 1. The second kappa shape index (κ2) is 8.67. The van der Waals surface area contributed by atoms with Crippen molar-refractivity contribution >= 4 is 29.3 Å². The molecule has 0 fully saturated rings. The number of aryl methyl sites for hydroxylation is 2. The molecule has 1 N–H and O–H groups in total.